The summed E-state index contributed by atoms with van der Waals surface area (Å²) in [5.41, 5.74) is 9.70. The molecule has 0 N–H and O–H groups in total. The summed E-state index contributed by atoms with van der Waals surface area (Å²) in [6, 6.07) is 39.8. The molecule has 0 fully saturated rings. The number of hydrogen-bond donors (Lipinski definition) is 0. The van der Waals surface area contributed by atoms with Gasteiger partial charge < -0.3 is 4.42 Å². The summed E-state index contributed by atoms with van der Waals surface area (Å²) >= 11 is 0. The maximum atomic E-state index is 6.53. The van der Waals surface area contributed by atoms with E-state index < -0.39 is 0 Å². The molecule has 1 aliphatic rings. The minimum atomic E-state index is -0.0335. The van der Waals surface area contributed by atoms with Gasteiger partial charge >= 0.3 is 0 Å². The van der Waals surface area contributed by atoms with Gasteiger partial charge in [-0.2, -0.15) is 0 Å². The van der Waals surface area contributed by atoms with Crippen LogP contribution in [0.1, 0.15) is 25.0 Å². The van der Waals surface area contributed by atoms with Gasteiger partial charge in [0, 0.05) is 16.2 Å². The Labute approximate surface area is 209 Å². The normalized spacial score (nSPS) is 14.1. The lowest BCUT2D eigenvalue weighted by Gasteiger charge is -2.21. The molecule has 8 rings (SSSR count). The lowest BCUT2D eigenvalue weighted by atomic mass is 9.82. The van der Waals surface area contributed by atoms with Crippen LogP contribution in [0.4, 0.5) is 0 Å². The van der Waals surface area contributed by atoms with E-state index in [-0.39, 0.29) is 5.41 Å². The monoisotopic (exact) mass is 460 g/mol. The lowest BCUT2D eigenvalue weighted by Crippen LogP contribution is -2.14. The molecule has 0 saturated carbocycles. The molecule has 1 aliphatic carbocycles. The van der Waals surface area contributed by atoms with Gasteiger partial charge in [-0.3, -0.25) is 0 Å². The highest BCUT2D eigenvalue weighted by atomic mass is 16.3. The molecule has 1 heterocycles. The second-order valence-electron chi connectivity index (χ2n) is 10.6. The molecule has 0 amide bonds. The molecule has 36 heavy (non-hydrogen) atoms. The Morgan fingerprint density at radius 1 is 0.472 bits per heavy atom. The first-order chi connectivity index (χ1) is 17.6. The van der Waals surface area contributed by atoms with E-state index in [1.807, 2.05) is 0 Å². The van der Waals surface area contributed by atoms with E-state index in [9.17, 15) is 0 Å². The first kappa shape index (κ1) is 19.9. The second-order valence-corrected chi connectivity index (χ2v) is 10.6. The molecule has 7 aromatic rings. The van der Waals surface area contributed by atoms with Crippen molar-refractivity contribution in [3.05, 3.63) is 120 Å². The Morgan fingerprint density at radius 2 is 1.19 bits per heavy atom. The van der Waals surface area contributed by atoms with Gasteiger partial charge in [0.1, 0.15) is 11.2 Å². The molecule has 0 spiro atoms. The van der Waals surface area contributed by atoms with Crippen LogP contribution in [0.2, 0.25) is 0 Å². The van der Waals surface area contributed by atoms with Crippen molar-refractivity contribution in [3.8, 4) is 22.3 Å². The summed E-state index contributed by atoms with van der Waals surface area (Å²) < 4.78 is 6.53. The fourth-order valence-electron chi connectivity index (χ4n) is 6.43. The number of furan rings is 1. The van der Waals surface area contributed by atoms with Crippen molar-refractivity contribution in [1.82, 2.24) is 0 Å². The molecule has 1 aromatic heterocycles. The fraction of sp³-hybridized carbons (Fsp3) is 0.0857. The average Bonchev–Trinajstić information content (AvgIpc) is 3.38. The predicted molar refractivity (Wildman–Crippen MR) is 152 cm³/mol. The van der Waals surface area contributed by atoms with Crippen molar-refractivity contribution in [2.24, 2.45) is 0 Å². The highest BCUT2D eigenvalue weighted by Crippen LogP contribution is 2.50. The smallest absolute Gasteiger partial charge is 0.136 e. The van der Waals surface area contributed by atoms with Crippen LogP contribution in [0.5, 0.6) is 0 Å². The molecular formula is C35H24O. The van der Waals surface area contributed by atoms with Crippen LogP contribution in [-0.2, 0) is 5.41 Å². The summed E-state index contributed by atoms with van der Waals surface area (Å²) in [7, 11) is 0. The Morgan fingerprint density at radius 3 is 2.08 bits per heavy atom. The van der Waals surface area contributed by atoms with Crippen molar-refractivity contribution in [2.75, 3.05) is 0 Å². The third-order valence-electron chi connectivity index (χ3n) is 8.25. The van der Waals surface area contributed by atoms with E-state index in [1.54, 1.807) is 0 Å². The number of rotatable bonds is 1. The van der Waals surface area contributed by atoms with E-state index in [2.05, 4.69) is 123 Å². The Kier molecular flexibility index (Phi) is 3.79. The van der Waals surface area contributed by atoms with Gasteiger partial charge in [-0.15, -0.1) is 0 Å². The van der Waals surface area contributed by atoms with Crippen LogP contribution in [0.15, 0.2) is 114 Å². The molecule has 6 aromatic carbocycles. The SMILES string of the molecule is CC1(C)c2ccccc2-c2cc3c(cc21)oc1cc(-c2cc4ccccc4c4ccccc24)ccc13. The van der Waals surface area contributed by atoms with Crippen LogP contribution in [0, 0.1) is 0 Å². The molecule has 0 aliphatic heterocycles. The molecule has 0 saturated heterocycles. The quantitative estimate of drug-likeness (QED) is 0.222. The maximum Gasteiger partial charge on any atom is 0.136 e. The van der Waals surface area contributed by atoms with E-state index >= 15 is 0 Å². The van der Waals surface area contributed by atoms with Crippen LogP contribution in [0.25, 0.3) is 65.7 Å². The van der Waals surface area contributed by atoms with Crippen LogP contribution >= 0.6 is 0 Å². The van der Waals surface area contributed by atoms with Gasteiger partial charge in [-0.1, -0.05) is 92.7 Å². The first-order valence-electron chi connectivity index (χ1n) is 12.6. The standard InChI is InChI=1S/C35H24O/c1-35(2)31-14-8-7-13-26(31)29-19-30-27-16-15-22(18-33(27)36-34(30)20-32(29)35)28-17-21-9-3-4-10-23(21)24-11-5-6-12-25(24)28/h3-20H,1-2H3. The second kappa shape index (κ2) is 6.86. The van der Waals surface area contributed by atoms with Crippen molar-refractivity contribution in [2.45, 2.75) is 19.3 Å². The van der Waals surface area contributed by atoms with E-state index in [4.69, 9.17) is 4.42 Å². The van der Waals surface area contributed by atoms with Crippen molar-refractivity contribution in [3.63, 3.8) is 0 Å². The highest BCUT2D eigenvalue weighted by molar-refractivity contribution is 6.15. The molecule has 1 nitrogen and oxygen atoms in total. The minimum absolute atomic E-state index is 0.0335. The van der Waals surface area contributed by atoms with Gasteiger partial charge in [0.05, 0.1) is 0 Å². The third kappa shape index (κ3) is 2.55. The summed E-state index contributed by atoms with van der Waals surface area (Å²) in [6.45, 7) is 4.63. The van der Waals surface area contributed by atoms with E-state index in [1.165, 1.54) is 65.7 Å². The minimum Gasteiger partial charge on any atom is -0.456 e. The molecule has 0 unspecified atom stereocenters. The Hall–Kier alpha value is -4.36. The third-order valence-corrected chi connectivity index (χ3v) is 8.25. The topological polar surface area (TPSA) is 13.1 Å². The summed E-state index contributed by atoms with van der Waals surface area (Å²) in [4.78, 5) is 0. The summed E-state index contributed by atoms with van der Waals surface area (Å²) in [5.74, 6) is 0. The lowest BCUT2D eigenvalue weighted by molar-refractivity contribution is 0.647. The van der Waals surface area contributed by atoms with E-state index in [0.717, 1.165) is 11.2 Å². The number of benzene rings is 6. The molecule has 0 bridgehead atoms. The zero-order valence-corrected chi connectivity index (χ0v) is 20.3. The largest absolute Gasteiger partial charge is 0.456 e. The molecule has 0 radical (unpaired) electrons. The maximum absolute atomic E-state index is 6.53. The Bertz CT molecular complexity index is 2020. The van der Waals surface area contributed by atoms with Crippen LogP contribution in [0.3, 0.4) is 0 Å². The van der Waals surface area contributed by atoms with Crippen LogP contribution in [-0.4, -0.2) is 0 Å². The van der Waals surface area contributed by atoms with Gasteiger partial charge in [0.2, 0.25) is 0 Å². The van der Waals surface area contributed by atoms with Gasteiger partial charge in [0.15, 0.2) is 0 Å². The van der Waals surface area contributed by atoms with Crippen molar-refractivity contribution < 1.29 is 4.42 Å². The van der Waals surface area contributed by atoms with Gasteiger partial charge in [0.25, 0.3) is 0 Å². The summed E-state index contributed by atoms with van der Waals surface area (Å²) in [6.07, 6.45) is 0. The predicted octanol–water partition coefficient (Wildman–Crippen LogP) is 9.87. The van der Waals surface area contributed by atoms with Gasteiger partial charge in [-0.25, -0.2) is 0 Å². The van der Waals surface area contributed by atoms with Crippen molar-refractivity contribution >= 4 is 43.5 Å². The highest BCUT2D eigenvalue weighted by Gasteiger charge is 2.35. The Balaban J connectivity index is 1.37. The van der Waals surface area contributed by atoms with Gasteiger partial charge in [-0.05, 0) is 85.3 Å². The zero-order chi connectivity index (χ0) is 24.0. The number of hydrogen-bond acceptors (Lipinski definition) is 1. The average molecular weight is 461 g/mol. The zero-order valence-electron chi connectivity index (χ0n) is 20.3. The van der Waals surface area contributed by atoms with Crippen LogP contribution < -0.4 is 0 Å². The summed E-state index contributed by atoms with van der Waals surface area (Å²) in [5, 5.41) is 7.46. The first-order valence-corrected chi connectivity index (χ1v) is 12.6. The fourth-order valence-corrected chi connectivity index (χ4v) is 6.43. The molecule has 1 heteroatoms. The molecular weight excluding hydrogens is 436 g/mol. The van der Waals surface area contributed by atoms with Crippen molar-refractivity contribution in [1.29, 1.82) is 0 Å². The molecule has 0 atom stereocenters. The van der Waals surface area contributed by atoms with E-state index in [0.29, 0.717) is 0 Å². The molecule has 170 valence electrons. The number of fused-ring (bicyclic) bond motifs is 9.